The molecular weight excluding hydrogens is 317 g/mol. The molecule has 1 heterocycles. The van der Waals surface area contributed by atoms with Crippen LogP contribution in [-0.4, -0.2) is 59.5 Å². The average Bonchev–Trinajstić information content (AvgIpc) is 2.58. The molecule has 134 valence electrons. The maximum absolute atomic E-state index is 12.4. The molecule has 0 aromatic carbocycles. The first-order valence-electron chi connectivity index (χ1n) is 7.40. The quantitative estimate of drug-likeness (QED) is 0.802. The van der Waals surface area contributed by atoms with E-state index in [9.17, 15) is 27.9 Å². The number of rotatable bonds is 2. The predicted molar refractivity (Wildman–Crippen MR) is 75.6 cm³/mol. The minimum absolute atomic E-state index is 0.117. The van der Waals surface area contributed by atoms with Crippen LogP contribution in [0.3, 0.4) is 0 Å². The fraction of sp³-hybridized carbons (Fsp3) is 0.857. The Morgan fingerprint density at radius 2 is 1.78 bits per heavy atom. The number of hydrogen-bond donors (Lipinski definition) is 2. The Hall–Kier alpha value is -1.51. The molecule has 1 fully saturated rings. The zero-order valence-corrected chi connectivity index (χ0v) is 13.4. The first-order valence-corrected chi connectivity index (χ1v) is 7.40. The highest BCUT2D eigenvalue weighted by Crippen LogP contribution is 2.22. The van der Waals surface area contributed by atoms with Crippen molar-refractivity contribution in [2.75, 3.05) is 19.7 Å². The van der Waals surface area contributed by atoms with Gasteiger partial charge in [0.1, 0.15) is 5.60 Å². The predicted octanol–water partition coefficient (Wildman–Crippen LogP) is 1.67. The Labute approximate surface area is 133 Å². The van der Waals surface area contributed by atoms with Crippen molar-refractivity contribution in [1.82, 2.24) is 10.2 Å². The summed E-state index contributed by atoms with van der Waals surface area (Å²) in [7, 11) is 0. The van der Waals surface area contributed by atoms with Gasteiger partial charge in [0.15, 0.2) is 0 Å². The second kappa shape index (κ2) is 7.37. The number of amides is 2. The van der Waals surface area contributed by atoms with Gasteiger partial charge in [-0.3, -0.25) is 4.79 Å². The number of carbonyl (C=O) groups is 2. The minimum atomic E-state index is -4.98. The Bertz CT molecular complexity index is 435. The van der Waals surface area contributed by atoms with Crippen LogP contribution >= 0.6 is 0 Å². The maximum atomic E-state index is 12.4. The molecule has 0 aromatic rings. The first kappa shape index (κ1) is 19.5. The lowest BCUT2D eigenvalue weighted by Crippen LogP contribution is -2.47. The molecule has 23 heavy (non-hydrogen) atoms. The number of nitrogens with zero attached hydrogens (tertiary/aromatic N) is 1. The molecule has 0 spiro atoms. The van der Waals surface area contributed by atoms with Crippen molar-refractivity contribution in [3.05, 3.63) is 0 Å². The third-order valence-corrected chi connectivity index (χ3v) is 3.51. The van der Waals surface area contributed by atoms with E-state index >= 15 is 0 Å². The largest absolute Gasteiger partial charge is 0.471 e. The van der Waals surface area contributed by atoms with E-state index in [0.717, 1.165) is 0 Å². The van der Waals surface area contributed by atoms with E-state index in [1.54, 1.807) is 20.8 Å². The molecule has 0 saturated carbocycles. The van der Waals surface area contributed by atoms with Crippen LogP contribution in [0.1, 0.15) is 33.6 Å². The van der Waals surface area contributed by atoms with Crippen molar-refractivity contribution in [1.29, 1.82) is 0 Å². The van der Waals surface area contributed by atoms with Gasteiger partial charge < -0.3 is 20.1 Å². The van der Waals surface area contributed by atoms with E-state index in [0.29, 0.717) is 0 Å². The summed E-state index contributed by atoms with van der Waals surface area (Å²) in [5.41, 5.74) is -0.677. The van der Waals surface area contributed by atoms with Gasteiger partial charge >= 0.3 is 18.2 Å². The Morgan fingerprint density at radius 1 is 1.22 bits per heavy atom. The van der Waals surface area contributed by atoms with Gasteiger partial charge in [0.2, 0.25) is 0 Å². The van der Waals surface area contributed by atoms with E-state index in [1.807, 2.05) is 5.32 Å². The SMILES string of the molecule is CC(C)(C)OC(=O)N1CCC(CO)C(NC(=O)C(F)(F)F)CC1. The normalized spacial score (nSPS) is 23.2. The zero-order chi connectivity index (χ0) is 17.8. The Morgan fingerprint density at radius 3 is 2.26 bits per heavy atom. The van der Waals surface area contributed by atoms with Gasteiger partial charge in [-0.25, -0.2) is 4.79 Å². The second-order valence-electron chi connectivity index (χ2n) is 6.57. The average molecular weight is 340 g/mol. The van der Waals surface area contributed by atoms with Gasteiger partial charge in [0, 0.05) is 31.7 Å². The highest BCUT2D eigenvalue weighted by atomic mass is 19.4. The summed E-state index contributed by atoms with van der Waals surface area (Å²) >= 11 is 0. The minimum Gasteiger partial charge on any atom is -0.444 e. The van der Waals surface area contributed by atoms with Crippen LogP contribution in [0, 0.1) is 5.92 Å². The van der Waals surface area contributed by atoms with E-state index in [4.69, 9.17) is 4.74 Å². The highest BCUT2D eigenvalue weighted by Gasteiger charge is 2.41. The third-order valence-electron chi connectivity index (χ3n) is 3.51. The summed E-state index contributed by atoms with van der Waals surface area (Å²) in [6.07, 6.45) is -5.14. The van der Waals surface area contributed by atoms with E-state index in [1.165, 1.54) is 4.90 Å². The molecule has 1 aliphatic rings. The van der Waals surface area contributed by atoms with Crippen LogP contribution in [0.5, 0.6) is 0 Å². The number of nitrogens with one attached hydrogen (secondary N) is 1. The number of carbonyl (C=O) groups excluding carboxylic acids is 2. The number of aliphatic hydroxyl groups excluding tert-OH is 1. The van der Waals surface area contributed by atoms with Crippen molar-refractivity contribution in [2.45, 2.75) is 51.4 Å². The van der Waals surface area contributed by atoms with Crippen molar-refractivity contribution in [2.24, 2.45) is 5.92 Å². The van der Waals surface area contributed by atoms with E-state index < -0.39 is 35.7 Å². The molecule has 9 heteroatoms. The maximum Gasteiger partial charge on any atom is 0.471 e. The van der Waals surface area contributed by atoms with Crippen LogP contribution in [0.15, 0.2) is 0 Å². The molecule has 0 radical (unpaired) electrons. The van der Waals surface area contributed by atoms with Gasteiger partial charge in [-0.15, -0.1) is 0 Å². The number of hydrogen-bond acceptors (Lipinski definition) is 4. The van der Waals surface area contributed by atoms with Crippen molar-refractivity contribution < 1.29 is 32.6 Å². The third kappa shape index (κ3) is 6.25. The molecule has 0 aliphatic carbocycles. The number of aliphatic hydroxyl groups is 1. The van der Waals surface area contributed by atoms with Crippen molar-refractivity contribution in [3.8, 4) is 0 Å². The smallest absolute Gasteiger partial charge is 0.444 e. The topological polar surface area (TPSA) is 78.9 Å². The van der Waals surface area contributed by atoms with Crippen LogP contribution in [0.2, 0.25) is 0 Å². The van der Waals surface area contributed by atoms with Crippen molar-refractivity contribution in [3.63, 3.8) is 0 Å². The number of ether oxygens (including phenoxy) is 1. The summed E-state index contributed by atoms with van der Waals surface area (Å²) < 4.78 is 42.3. The molecule has 2 amide bonds. The van der Waals surface area contributed by atoms with Crippen LogP contribution < -0.4 is 5.32 Å². The number of halogens is 3. The Balaban J connectivity index is 2.71. The van der Waals surface area contributed by atoms with Gasteiger partial charge in [-0.05, 0) is 33.6 Å². The number of alkyl halides is 3. The molecular formula is C14H23F3N2O4. The highest BCUT2D eigenvalue weighted by molar-refractivity contribution is 5.82. The van der Waals surface area contributed by atoms with Crippen LogP contribution in [-0.2, 0) is 9.53 Å². The zero-order valence-electron chi connectivity index (χ0n) is 13.4. The number of likely N-dealkylation sites (tertiary alicyclic amines) is 1. The summed E-state index contributed by atoms with van der Waals surface area (Å²) in [4.78, 5) is 24.5. The lowest BCUT2D eigenvalue weighted by Gasteiger charge is -2.26. The van der Waals surface area contributed by atoms with E-state index in [2.05, 4.69) is 0 Å². The molecule has 0 aromatic heterocycles. The first-order chi connectivity index (χ1) is 10.4. The summed E-state index contributed by atoms with van der Waals surface area (Å²) in [5, 5.41) is 11.3. The van der Waals surface area contributed by atoms with Gasteiger partial charge in [0.05, 0.1) is 0 Å². The second-order valence-corrected chi connectivity index (χ2v) is 6.57. The molecule has 1 rings (SSSR count). The lowest BCUT2D eigenvalue weighted by atomic mass is 9.95. The summed E-state index contributed by atoms with van der Waals surface area (Å²) in [6.45, 7) is 5.17. The van der Waals surface area contributed by atoms with Gasteiger partial charge in [0.25, 0.3) is 0 Å². The molecule has 2 unspecified atom stereocenters. The van der Waals surface area contributed by atoms with E-state index in [-0.39, 0.29) is 32.5 Å². The standard InChI is InChI=1S/C14H23F3N2O4/c1-13(2,3)23-12(22)19-6-4-9(8-20)10(5-7-19)18-11(21)14(15,16)17/h9-10,20H,4-8H2,1-3H3,(H,18,21). The monoisotopic (exact) mass is 340 g/mol. The lowest BCUT2D eigenvalue weighted by molar-refractivity contribution is -0.174. The molecule has 2 N–H and O–H groups in total. The molecule has 1 aliphatic heterocycles. The Kier molecular flexibility index (Phi) is 6.26. The summed E-state index contributed by atoms with van der Waals surface area (Å²) in [5.74, 6) is -2.58. The molecule has 0 bridgehead atoms. The van der Waals surface area contributed by atoms with Crippen LogP contribution in [0.4, 0.5) is 18.0 Å². The molecule has 6 nitrogen and oxygen atoms in total. The molecule has 2 atom stereocenters. The van der Waals surface area contributed by atoms with Crippen molar-refractivity contribution >= 4 is 12.0 Å². The fourth-order valence-corrected chi connectivity index (χ4v) is 2.33. The fourth-order valence-electron chi connectivity index (χ4n) is 2.33. The van der Waals surface area contributed by atoms with Gasteiger partial charge in [-0.1, -0.05) is 0 Å². The van der Waals surface area contributed by atoms with Gasteiger partial charge in [-0.2, -0.15) is 13.2 Å². The summed E-state index contributed by atoms with van der Waals surface area (Å²) in [6, 6.07) is -0.846. The molecule has 1 saturated heterocycles. The van der Waals surface area contributed by atoms with Crippen LogP contribution in [0.25, 0.3) is 0 Å².